The lowest BCUT2D eigenvalue weighted by Gasteiger charge is -2.11. The zero-order chi connectivity index (χ0) is 15.7. The number of pyridine rings is 1. The van der Waals surface area contributed by atoms with E-state index in [-0.39, 0.29) is 11.6 Å². The Morgan fingerprint density at radius 1 is 1.23 bits per heavy atom. The summed E-state index contributed by atoms with van der Waals surface area (Å²) in [5.74, 6) is 0.229. The van der Waals surface area contributed by atoms with Gasteiger partial charge in [0.2, 0.25) is 0 Å². The average molecular weight is 296 g/mol. The molecule has 0 bridgehead atoms. The lowest BCUT2D eigenvalue weighted by Crippen LogP contribution is -2.31. The second kappa shape index (κ2) is 5.52. The van der Waals surface area contributed by atoms with Gasteiger partial charge in [-0.15, -0.1) is 0 Å². The Morgan fingerprint density at radius 3 is 2.73 bits per heavy atom. The Kier molecular flexibility index (Phi) is 3.55. The summed E-state index contributed by atoms with van der Waals surface area (Å²) in [6, 6.07) is 12.4. The van der Waals surface area contributed by atoms with Gasteiger partial charge in [0.25, 0.3) is 11.5 Å². The summed E-state index contributed by atoms with van der Waals surface area (Å²) >= 11 is 0. The van der Waals surface area contributed by atoms with Gasteiger partial charge in [0.1, 0.15) is 16.9 Å². The second-order valence-electron chi connectivity index (χ2n) is 5.27. The third kappa shape index (κ3) is 2.65. The fourth-order valence-electron chi connectivity index (χ4n) is 2.31. The molecule has 0 aliphatic heterocycles. The minimum atomic E-state index is -0.422. The maximum atomic E-state index is 12.2. The Balaban J connectivity index is 1.82. The number of fused-ring (bicyclic) bond motifs is 1. The third-order valence-corrected chi connectivity index (χ3v) is 3.52. The van der Waals surface area contributed by atoms with Crippen LogP contribution in [0.15, 0.2) is 51.7 Å². The molecule has 0 spiro atoms. The van der Waals surface area contributed by atoms with Crippen molar-refractivity contribution >= 4 is 16.9 Å². The van der Waals surface area contributed by atoms with E-state index in [2.05, 4.69) is 10.3 Å². The molecule has 2 N–H and O–H groups in total. The van der Waals surface area contributed by atoms with Crippen LogP contribution in [0.25, 0.3) is 11.0 Å². The van der Waals surface area contributed by atoms with Gasteiger partial charge in [-0.05, 0) is 38.1 Å². The quantitative estimate of drug-likeness (QED) is 0.780. The lowest BCUT2D eigenvalue weighted by atomic mass is 10.2. The van der Waals surface area contributed by atoms with E-state index < -0.39 is 11.5 Å². The molecule has 112 valence electrons. The topological polar surface area (TPSA) is 75.1 Å². The first-order valence-electron chi connectivity index (χ1n) is 7.04. The van der Waals surface area contributed by atoms with Crippen LogP contribution in [-0.4, -0.2) is 10.9 Å². The van der Waals surface area contributed by atoms with Crippen molar-refractivity contribution < 1.29 is 9.21 Å². The van der Waals surface area contributed by atoms with Crippen molar-refractivity contribution in [1.82, 2.24) is 10.3 Å². The van der Waals surface area contributed by atoms with Crippen LogP contribution in [0.4, 0.5) is 0 Å². The molecule has 1 aromatic carbocycles. The Bertz CT molecular complexity index is 859. The number of benzene rings is 1. The highest BCUT2D eigenvalue weighted by molar-refractivity contribution is 5.94. The van der Waals surface area contributed by atoms with E-state index in [1.807, 2.05) is 37.3 Å². The van der Waals surface area contributed by atoms with Gasteiger partial charge in [0, 0.05) is 11.1 Å². The highest BCUT2D eigenvalue weighted by atomic mass is 16.3. The zero-order valence-electron chi connectivity index (χ0n) is 12.3. The van der Waals surface area contributed by atoms with Gasteiger partial charge >= 0.3 is 0 Å². The first kappa shape index (κ1) is 14.1. The second-order valence-corrected chi connectivity index (χ2v) is 5.27. The van der Waals surface area contributed by atoms with Crippen LogP contribution in [-0.2, 0) is 0 Å². The van der Waals surface area contributed by atoms with Crippen molar-refractivity contribution in [3.8, 4) is 0 Å². The van der Waals surface area contributed by atoms with Crippen LogP contribution in [0.3, 0.4) is 0 Å². The summed E-state index contributed by atoms with van der Waals surface area (Å²) < 4.78 is 5.72. The minimum Gasteiger partial charge on any atom is -0.459 e. The molecule has 0 fully saturated rings. The van der Waals surface area contributed by atoms with Crippen LogP contribution in [0.5, 0.6) is 0 Å². The molecule has 22 heavy (non-hydrogen) atoms. The van der Waals surface area contributed by atoms with E-state index in [0.717, 1.165) is 11.0 Å². The standard InChI is InChI=1S/C17H16N2O3/c1-10-7-8-13(16(20)18-10)17(21)19-11(2)15-9-12-5-3-4-6-14(12)22-15/h3-9,11H,1-2H3,(H,18,20)(H,19,21)/t11-/m1/s1. The van der Waals surface area contributed by atoms with E-state index >= 15 is 0 Å². The first-order chi connectivity index (χ1) is 10.5. The lowest BCUT2D eigenvalue weighted by molar-refractivity contribution is 0.0934. The number of carbonyl (C=O) groups excluding carboxylic acids is 1. The van der Waals surface area contributed by atoms with Crippen LogP contribution < -0.4 is 10.9 Å². The minimum absolute atomic E-state index is 0.0913. The average Bonchev–Trinajstić information content (AvgIpc) is 2.91. The fourth-order valence-corrected chi connectivity index (χ4v) is 2.31. The summed E-state index contributed by atoms with van der Waals surface area (Å²) in [5, 5.41) is 3.76. The summed E-state index contributed by atoms with van der Waals surface area (Å²) in [6.45, 7) is 3.58. The molecular formula is C17H16N2O3. The molecule has 3 aromatic rings. The Labute approximate surface area is 127 Å². The highest BCUT2D eigenvalue weighted by Gasteiger charge is 2.17. The maximum Gasteiger partial charge on any atom is 0.260 e. The molecule has 0 aliphatic rings. The maximum absolute atomic E-state index is 12.2. The van der Waals surface area contributed by atoms with Gasteiger partial charge in [-0.3, -0.25) is 9.59 Å². The van der Waals surface area contributed by atoms with Gasteiger partial charge in [-0.2, -0.15) is 0 Å². The molecule has 5 heteroatoms. The van der Waals surface area contributed by atoms with Gasteiger partial charge < -0.3 is 14.7 Å². The van der Waals surface area contributed by atoms with E-state index in [1.54, 1.807) is 13.0 Å². The molecule has 2 heterocycles. The molecule has 1 atom stereocenters. The van der Waals surface area contributed by atoms with E-state index in [9.17, 15) is 9.59 Å². The number of hydrogen-bond donors (Lipinski definition) is 2. The number of hydrogen-bond acceptors (Lipinski definition) is 3. The molecule has 0 saturated heterocycles. The number of H-pyrrole nitrogens is 1. The smallest absolute Gasteiger partial charge is 0.260 e. The summed E-state index contributed by atoms with van der Waals surface area (Å²) in [6.07, 6.45) is 0. The van der Waals surface area contributed by atoms with E-state index in [0.29, 0.717) is 11.5 Å². The predicted molar refractivity (Wildman–Crippen MR) is 83.9 cm³/mol. The molecular weight excluding hydrogens is 280 g/mol. The molecule has 1 amide bonds. The van der Waals surface area contributed by atoms with Crippen LogP contribution in [0.1, 0.15) is 34.8 Å². The van der Waals surface area contributed by atoms with E-state index in [1.165, 1.54) is 6.07 Å². The number of aryl methyl sites for hydroxylation is 1. The SMILES string of the molecule is Cc1ccc(C(=O)N[C@H](C)c2cc3ccccc3o2)c(=O)[nH]1. The molecule has 0 unspecified atom stereocenters. The Hall–Kier alpha value is -2.82. The fraction of sp³-hybridized carbons (Fsp3) is 0.176. The van der Waals surface area contributed by atoms with Crippen LogP contribution >= 0.6 is 0 Å². The van der Waals surface area contributed by atoms with Gasteiger partial charge in [-0.25, -0.2) is 0 Å². The largest absolute Gasteiger partial charge is 0.459 e. The number of nitrogens with one attached hydrogen (secondary N) is 2. The predicted octanol–water partition coefficient (Wildman–Crippen LogP) is 2.92. The van der Waals surface area contributed by atoms with Crippen molar-refractivity contribution in [2.24, 2.45) is 0 Å². The van der Waals surface area contributed by atoms with Crippen LogP contribution in [0, 0.1) is 6.92 Å². The molecule has 0 radical (unpaired) electrons. The number of aromatic amines is 1. The normalized spacial score (nSPS) is 12.3. The summed E-state index contributed by atoms with van der Waals surface area (Å²) in [5.41, 5.74) is 1.18. The van der Waals surface area contributed by atoms with Crippen molar-refractivity contribution in [2.75, 3.05) is 0 Å². The molecule has 2 aromatic heterocycles. The number of rotatable bonds is 3. The molecule has 5 nitrogen and oxygen atoms in total. The number of para-hydroxylation sites is 1. The monoisotopic (exact) mass is 296 g/mol. The van der Waals surface area contributed by atoms with Crippen molar-refractivity contribution in [2.45, 2.75) is 19.9 Å². The number of aromatic nitrogens is 1. The summed E-state index contributed by atoms with van der Waals surface area (Å²) in [4.78, 5) is 26.6. The Morgan fingerprint density at radius 2 is 2.00 bits per heavy atom. The van der Waals surface area contributed by atoms with Crippen molar-refractivity contribution in [1.29, 1.82) is 0 Å². The first-order valence-corrected chi connectivity index (χ1v) is 7.04. The van der Waals surface area contributed by atoms with Gasteiger partial charge in [0.15, 0.2) is 0 Å². The molecule has 0 saturated carbocycles. The number of furan rings is 1. The van der Waals surface area contributed by atoms with Crippen molar-refractivity contribution in [3.05, 3.63) is 69.8 Å². The zero-order valence-corrected chi connectivity index (χ0v) is 12.3. The highest BCUT2D eigenvalue weighted by Crippen LogP contribution is 2.23. The summed E-state index contributed by atoms with van der Waals surface area (Å²) in [7, 11) is 0. The van der Waals surface area contributed by atoms with Gasteiger partial charge in [0.05, 0.1) is 6.04 Å². The van der Waals surface area contributed by atoms with E-state index in [4.69, 9.17) is 4.42 Å². The van der Waals surface area contributed by atoms with Gasteiger partial charge in [-0.1, -0.05) is 18.2 Å². The molecule has 0 aliphatic carbocycles. The third-order valence-electron chi connectivity index (χ3n) is 3.52. The number of amides is 1. The van der Waals surface area contributed by atoms with Crippen LogP contribution in [0.2, 0.25) is 0 Å². The number of carbonyl (C=O) groups is 1. The molecule has 3 rings (SSSR count). The van der Waals surface area contributed by atoms with Crippen molar-refractivity contribution in [3.63, 3.8) is 0 Å².